The SMILES string of the molecule is Cc1cc2c(C(=O)OCc3ccccc3)c(O)ccc2[nH]1. The number of H-pyrrole nitrogens is 1. The van der Waals surface area contributed by atoms with E-state index in [2.05, 4.69) is 4.98 Å². The van der Waals surface area contributed by atoms with E-state index >= 15 is 0 Å². The lowest BCUT2D eigenvalue weighted by Crippen LogP contribution is -2.06. The number of esters is 1. The molecular formula is C17H15NO3. The van der Waals surface area contributed by atoms with Crippen LogP contribution in [0, 0.1) is 6.92 Å². The van der Waals surface area contributed by atoms with Gasteiger partial charge in [-0.05, 0) is 30.7 Å². The predicted octanol–water partition coefficient (Wildman–Crippen LogP) is 3.54. The van der Waals surface area contributed by atoms with Crippen LogP contribution in [0.1, 0.15) is 21.6 Å². The van der Waals surface area contributed by atoms with Gasteiger partial charge in [-0.25, -0.2) is 4.79 Å². The van der Waals surface area contributed by atoms with Crippen LogP contribution in [0.25, 0.3) is 10.9 Å². The first-order chi connectivity index (χ1) is 10.1. The Morgan fingerprint density at radius 1 is 1.19 bits per heavy atom. The number of aryl methyl sites for hydroxylation is 1. The number of hydrogen-bond acceptors (Lipinski definition) is 3. The number of carbonyl (C=O) groups is 1. The number of phenols is 1. The summed E-state index contributed by atoms with van der Waals surface area (Å²) >= 11 is 0. The summed E-state index contributed by atoms with van der Waals surface area (Å²) in [6.07, 6.45) is 0. The molecule has 3 rings (SSSR count). The van der Waals surface area contributed by atoms with Crippen LogP contribution < -0.4 is 0 Å². The fraction of sp³-hybridized carbons (Fsp3) is 0.118. The van der Waals surface area contributed by atoms with Crippen molar-refractivity contribution in [2.45, 2.75) is 13.5 Å². The Kier molecular flexibility index (Phi) is 3.36. The largest absolute Gasteiger partial charge is 0.507 e. The van der Waals surface area contributed by atoms with Gasteiger partial charge in [0.1, 0.15) is 17.9 Å². The standard InChI is InChI=1S/C17H15NO3/c1-11-9-13-14(18-11)7-8-15(19)16(13)17(20)21-10-12-5-3-2-4-6-12/h2-9,18-19H,10H2,1H3. The molecule has 0 aliphatic heterocycles. The van der Waals surface area contributed by atoms with E-state index in [4.69, 9.17) is 4.74 Å². The number of aromatic hydroxyl groups is 1. The number of rotatable bonds is 3. The summed E-state index contributed by atoms with van der Waals surface area (Å²) in [4.78, 5) is 15.4. The minimum Gasteiger partial charge on any atom is -0.507 e. The lowest BCUT2D eigenvalue weighted by atomic mass is 10.1. The Bertz CT molecular complexity index is 790. The van der Waals surface area contributed by atoms with Crippen molar-refractivity contribution in [1.29, 1.82) is 0 Å². The lowest BCUT2D eigenvalue weighted by Gasteiger charge is -2.07. The third kappa shape index (κ3) is 2.60. The molecule has 0 radical (unpaired) electrons. The summed E-state index contributed by atoms with van der Waals surface area (Å²) in [6, 6.07) is 14.5. The molecule has 0 aliphatic carbocycles. The summed E-state index contributed by atoms with van der Waals surface area (Å²) in [7, 11) is 0. The maximum atomic E-state index is 12.3. The Hall–Kier alpha value is -2.75. The van der Waals surface area contributed by atoms with E-state index in [1.807, 2.05) is 43.3 Å². The molecule has 1 aromatic heterocycles. The monoisotopic (exact) mass is 281 g/mol. The van der Waals surface area contributed by atoms with Crippen LogP contribution >= 0.6 is 0 Å². The molecule has 4 heteroatoms. The van der Waals surface area contributed by atoms with Crippen molar-refractivity contribution in [3.05, 3.63) is 65.4 Å². The van der Waals surface area contributed by atoms with Crippen molar-refractivity contribution < 1.29 is 14.6 Å². The van der Waals surface area contributed by atoms with Gasteiger partial charge in [0.2, 0.25) is 0 Å². The van der Waals surface area contributed by atoms with E-state index in [1.165, 1.54) is 6.07 Å². The quantitative estimate of drug-likeness (QED) is 0.722. The summed E-state index contributed by atoms with van der Waals surface area (Å²) in [5.74, 6) is -0.597. The number of carbonyl (C=O) groups excluding carboxylic acids is 1. The van der Waals surface area contributed by atoms with Crippen LogP contribution in [0.4, 0.5) is 0 Å². The van der Waals surface area contributed by atoms with Gasteiger partial charge in [-0.1, -0.05) is 30.3 Å². The van der Waals surface area contributed by atoms with E-state index in [1.54, 1.807) is 6.07 Å². The number of aromatic nitrogens is 1. The van der Waals surface area contributed by atoms with Crippen molar-refractivity contribution in [2.24, 2.45) is 0 Å². The van der Waals surface area contributed by atoms with Crippen molar-refractivity contribution in [2.75, 3.05) is 0 Å². The zero-order chi connectivity index (χ0) is 14.8. The third-order valence-corrected chi connectivity index (χ3v) is 3.33. The Labute approximate surface area is 122 Å². The molecule has 0 aliphatic rings. The summed E-state index contributed by atoms with van der Waals surface area (Å²) in [6.45, 7) is 2.08. The second kappa shape index (κ2) is 5.32. The molecule has 0 bridgehead atoms. The topological polar surface area (TPSA) is 62.3 Å². The van der Waals surface area contributed by atoms with Gasteiger partial charge in [-0.15, -0.1) is 0 Å². The molecule has 1 heterocycles. The fourth-order valence-electron chi connectivity index (χ4n) is 2.34. The number of hydrogen-bond donors (Lipinski definition) is 2. The van der Waals surface area contributed by atoms with Crippen LogP contribution in [0.5, 0.6) is 5.75 Å². The molecule has 2 N–H and O–H groups in total. The molecule has 0 fully saturated rings. The molecule has 0 saturated carbocycles. The van der Waals surface area contributed by atoms with Gasteiger partial charge >= 0.3 is 5.97 Å². The number of phenolic OH excluding ortho intramolecular Hbond substituents is 1. The van der Waals surface area contributed by atoms with E-state index in [9.17, 15) is 9.90 Å². The normalized spacial score (nSPS) is 10.7. The summed E-state index contributed by atoms with van der Waals surface area (Å²) < 4.78 is 5.30. The minimum atomic E-state index is -0.527. The highest BCUT2D eigenvalue weighted by Gasteiger charge is 2.18. The first-order valence-electron chi connectivity index (χ1n) is 6.67. The molecule has 0 amide bonds. The molecule has 2 aromatic carbocycles. The average molecular weight is 281 g/mol. The van der Waals surface area contributed by atoms with Crippen molar-refractivity contribution >= 4 is 16.9 Å². The number of benzene rings is 2. The number of fused-ring (bicyclic) bond motifs is 1. The summed E-state index contributed by atoms with van der Waals surface area (Å²) in [5.41, 5.74) is 2.83. The molecular weight excluding hydrogens is 266 g/mol. The van der Waals surface area contributed by atoms with Crippen LogP contribution in [0.3, 0.4) is 0 Å². The van der Waals surface area contributed by atoms with Gasteiger partial charge in [-0.3, -0.25) is 0 Å². The molecule has 0 saturated heterocycles. The van der Waals surface area contributed by atoms with Gasteiger partial charge in [0, 0.05) is 16.6 Å². The summed E-state index contributed by atoms with van der Waals surface area (Å²) in [5, 5.41) is 10.6. The zero-order valence-corrected chi connectivity index (χ0v) is 11.6. The molecule has 0 unspecified atom stereocenters. The Morgan fingerprint density at radius 2 is 1.95 bits per heavy atom. The molecule has 0 atom stereocenters. The van der Waals surface area contributed by atoms with Crippen LogP contribution in [0.2, 0.25) is 0 Å². The van der Waals surface area contributed by atoms with Gasteiger partial charge in [0.05, 0.1) is 0 Å². The smallest absolute Gasteiger partial charge is 0.342 e. The van der Waals surface area contributed by atoms with E-state index in [0.717, 1.165) is 16.8 Å². The third-order valence-electron chi connectivity index (χ3n) is 3.33. The van der Waals surface area contributed by atoms with Gasteiger partial charge in [0.15, 0.2) is 0 Å². The van der Waals surface area contributed by atoms with E-state index in [-0.39, 0.29) is 17.9 Å². The maximum absolute atomic E-state index is 12.3. The highest BCUT2D eigenvalue weighted by atomic mass is 16.5. The fourth-order valence-corrected chi connectivity index (χ4v) is 2.34. The molecule has 21 heavy (non-hydrogen) atoms. The van der Waals surface area contributed by atoms with E-state index < -0.39 is 5.97 Å². The minimum absolute atomic E-state index is 0.0699. The lowest BCUT2D eigenvalue weighted by molar-refractivity contribution is 0.0472. The number of nitrogens with one attached hydrogen (secondary N) is 1. The molecule has 106 valence electrons. The highest BCUT2D eigenvalue weighted by molar-refractivity contribution is 6.06. The number of aromatic amines is 1. The Morgan fingerprint density at radius 3 is 2.71 bits per heavy atom. The Balaban J connectivity index is 1.89. The first kappa shape index (κ1) is 13.2. The molecule has 3 aromatic rings. The molecule has 0 spiro atoms. The number of ether oxygens (including phenoxy) is 1. The van der Waals surface area contributed by atoms with Crippen molar-refractivity contribution in [1.82, 2.24) is 4.98 Å². The maximum Gasteiger partial charge on any atom is 0.342 e. The van der Waals surface area contributed by atoms with Gasteiger partial charge < -0.3 is 14.8 Å². The van der Waals surface area contributed by atoms with Crippen LogP contribution in [-0.4, -0.2) is 16.1 Å². The highest BCUT2D eigenvalue weighted by Crippen LogP contribution is 2.28. The zero-order valence-electron chi connectivity index (χ0n) is 11.6. The predicted molar refractivity (Wildman–Crippen MR) is 80.3 cm³/mol. The average Bonchev–Trinajstić information content (AvgIpc) is 2.86. The van der Waals surface area contributed by atoms with Crippen molar-refractivity contribution in [3.63, 3.8) is 0 Å². The van der Waals surface area contributed by atoms with Crippen LogP contribution in [0.15, 0.2) is 48.5 Å². The second-order valence-corrected chi connectivity index (χ2v) is 4.94. The first-order valence-corrected chi connectivity index (χ1v) is 6.67. The van der Waals surface area contributed by atoms with Crippen molar-refractivity contribution in [3.8, 4) is 5.75 Å². The molecule has 4 nitrogen and oxygen atoms in total. The van der Waals surface area contributed by atoms with Crippen LogP contribution in [-0.2, 0) is 11.3 Å². The second-order valence-electron chi connectivity index (χ2n) is 4.94. The van der Waals surface area contributed by atoms with Gasteiger partial charge in [0.25, 0.3) is 0 Å². The van der Waals surface area contributed by atoms with Gasteiger partial charge in [-0.2, -0.15) is 0 Å². The van der Waals surface area contributed by atoms with E-state index in [0.29, 0.717) is 5.39 Å².